The van der Waals surface area contributed by atoms with E-state index in [1.54, 1.807) is 6.07 Å². The van der Waals surface area contributed by atoms with Gasteiger partial charge in [-0.2, -0.15) is 4.98 Å². The highest BCUT2D eigenvalue weighted by Gasteiger charge is 2.32. The molecular weight excluding hydrogens is 452 g/mol. The number of benzene rings is 2. The summed E-state index contributed by atoms with van der Waals surface area (Å²) >= 11 is 18.4. The number of aromatic nitrogens is 2. The predicted molar refractivity (Wildman–Crippen MR) is 108 cm³/mol. The van der Waals surface area contributed by atoms with Crippen molar-refractivity contribution in [1.29, 1.82) is 0 Å². The van der Waals surface area contributed by atoms with Crippen LogP contribution in [0.25, 0.3) is 11.0 Å². The van der Waals surface area contributed by atoms with Crippen LogP contribution in [0.3, 0.4) is 0 Å². The van der Waals surface area contributed by atoms with Crippen molar-refractivity contribution in [2.24, 2.45) is 0 Å². The summed E-state index contributed by atoms with van der Waals surface area (Å²) in [4.78, 5) is 7.43. The van der Waals surface area contributed by atoms with Crippen LogP contribution in [0.5, 0.6) is 17.5 Å². The summed E-state index contributed by atoms with van der Waals surface area (Å²) < 4.78 is 46.7. The van der Waals surface area contributed by atoms with Gasteiger partial charge in [-0.25, -0.2) is 0 Å². The van der Waals surface area contributed by atoms with Crippen LogP contribution >= 0.6 is 34.8 Å². The molecule has 3 aromatic rings. The zero-order valence-electron chi connectivity index (χ0n) is 15.3. The van der Waals surface area contributed by atoms with Crippen molar-refractivity contribution in [3.63, 3.8) is 0 Å². The standard InChI is InChI=1S/C19H16Cl3F3N2O2/c1-3-9(4-2)11-5-6-12(20)16-15(11)26-18(27-16)28-17-13(21)7-10(8-14(17)22)29-19(23,24)25/h5-9H,3-4H2,1-2H3,(H,26,27). The molecule has 0 aliphatic rings. The summed E-state index contributed by atoms with van der Waals surface area (Å²) in [6.45, 7) is 4.17. The summed E-state index contributed by atoms with van der Waals surface area (Å²) in [6, 6.07) is 5.69. The van der Waals surface area contributed by atoms with E-state index < -0.39 is 12.1 Å². The largest absolute Gasteiger partial charge is 0.573 e. The first-order valence-electron chi connectivity index (χ1n) is 8.73. The number of fused-ring (bicyclic) bond motifs is 1. The fourth-order valence-corrected chi connectivity index (χ4v) is 3.83. The number of imidazole rings is 1. The number of nitrogens with one attached hydrogen (secondary N) is 1. The van der Waals surface area contributed by atoms with Crippen LogP contribution in [0.4, 0.5) is 13.2 Å². The van der Waals surface area contributed by atoms with E-state index in [1.807, 2.05) is 6.07 Å². The molecule has 0 aliphatic heterocycles. The van der Waals surface area contributed by atoms with E-state index in [0.717, 1.165) is 30.5 Å². The third-order valence-electron chi connectivity index (χ3n) is 4.43. The third-order valence-corrected chi connectivity index (χ3v) is 5.31. The van der Waals surface area contributed by atoms with E-state index in [2.05, 4.69) is 28.6 Å². The fraction of sp³-hybridized carbons (Fsp3) is 0.316. The Kier molecular flexibility index (Phi) is 6.41. The molecule has 1 aromatic heterocycles. The van der Waals surface area contributed by atoms with Gasteiger partial charge in [0.1, 0.15) is 5.75 Å². The molecule has 1 N–H and O–H groups in total. The maximum absolute atomic E-state index is 12.4. The Morgan fingerprint density at radius 3 is 2.21 bits per heavy atom. The number of nitrogens with zero attached hydrogens (tertiary/aromatic N) is 1. The Morgan fingerprint density at radius 1 is 1.03 bits per heavy atom. The Hall–Kier alpha value is -1.83. The van der Waals surface area contributed by atoms with Crippen LogP contribution in [0, 0.1) is 0 Å². The average Bonchev–Trinajstić information content (AvgIpc) is 3.04. The van der Waals surface area contributed by atoms with Gasteiger partial charge in [0.05, 0.1) is 26.1 Å². The molecule has 0 atom stereocenters. The second-order valence-electron chi connectivity index (χ2n) is 6.28. The number of hydrogen-bond acceptors (Lipinski definition) is 3. The maximum Gasteiger partial charge on any atom is 0.573 e. The first kappa shape index (κ1) is 21.9. The normalized spacial score (nSPS) is 12.0. The van der Waals surface area contributed by atoms with E-state index in [0.29, 0.717) is 16.1 Å². The summed E-state index contributed by atoms with van der Waals surface area (Å²) in [5.74, 6) is -0.317. The molecule has 10 heteroatoms. The van der Waals surface area contributed by atoms with E-state index in [9.17, 15) is 13.2 Å². The summed E-state index contributed by atoms with van der Waals surface area (Å²) in [6.07, 6.45) is -3.01. The number of rotatable bonds is 6. The molecule has 0 bridgehead atoms. The van der Waals surface area contributed by atoms with E-state index >= 15 is 0 Å². The number of hydrogen-bond donors (Lipinski definition) is 1. The Labute approximate surface area is 179 Å². The van der Waals surface area contributed by atoms with Crippen molar-refractivity contribution in [2.75, 3.05) is 0 Å². The first-order chi connectivity index (χ1) is 13.6. The second kappa shape index (κ2) is 8.50. The van der Waals surface area contributed by atoms with Gasteiger partial charge in [0, 0.05) is 12.1 Å². The Bertz CT molecular complexity index is 1010. The summed E-state index contributed by atoms with van der Waals surface area (Å²) in [5.41, 5.74) is 2.27. The molecule has 0 fully saturated rings. The lowest BCUT2D eigenvalue weighted by molar-refractivity contribution is -0.274. The molecule has 0 spiro atoms. The molecule has 2 aromatic carbocycles. The topological polar surface area (TPSA) is 47.1 Å². The van der Waals surface area contributed by atoms with Gasteiger partial charge in [-0.05, 0) is 30.4 Å². The van der Waals surface area contributed by atoms with Crippen LogP contribution in [0.1, 0.15) is 38.2 Å². The van der Waals surface area contributed by atoms with Crippen molar-refractivity contribution in [3.05, 3.63) is 44.9 Å². The average molecular weight is 468 g/mol. The number of alkyl halides is 3. The van der Waals surface area contributed by atoms with Crippen molar-refractivity contribution in [1.82, 2.24) is 9.97 Å². The smallest absolute Gasteiger partial charge is 0.422 e. The molecule has 0 aliphatic carbocycles. The van der Waals surface area contributed by atoms with Gasteiger partial charge < -0.3 is 14.5 Å². The van der Waals surface area contributed by atoms with Crippen molar-refractivity contribution < 1.29 is 22.6 Å². The van der Waals surface area contributed by atoms with Crippen LogP contribution in [-0.2, 0) is 0 Å². The molecule has 4 nitrogen and oxygen atoms in total. The summed E-state index contributed by atoms with van der Waals surface area (Å²) in [7, 11) is 0. The number of aromatic amines is 1. The third kappa shape index (κ3) is 4.85. The highest BCUT2D eigenvalue weighted by Crippen LogP contribution is 2.41. The van der Waals surface area contributed by atoms with Crippen LogP contribution in [0.15, 0.2) is 24.3 Å². The molecule has 0 saturated carbocycles. The Morgan fingerprint density at radius 2 is 1.66 bits per heavy atom. The summed E-state index contributed by atoms with van der Waals surface area (Å²) in [5, 5.41) is 0.134. The molecule has 3 rings (SSSR count). The first-order valence-corrected chi connectivity index (χ1v) is 9.87. The molecule has 0 unspecified atom stereocenters. The Balaban J connectivity index is 1.99. The molecule has 0 amide bonds. The van der Waals surface area contributed by atoms with E-state index in [1.165, 1.54) is 0 Å². The van der Waals surface area contributed by atoms with Gasteiger partial charge >= 0.3 is 6.36 Å². The molecule has 29 heavy (non-hydrogen) atoms. The fourth-order valence-electron chi connectivity index (χ4n) is 3.09. The van der Waals surface area contributed by atoms with Crippen molar-refractivity contribution >= 4 is 45.8 Å². The molecule has 1 heterocycles. The van der Waals surface area contributed by atoms with Gasteiger partial charge in [0.25, 0.3) is 6.01 Å². The van der Waals surface area contributed by atoms with E-state index in [-0.39, 0.29) is 27.7 Å². The quantitative estimate of drug-likeness (QED) is 0.398. The number of ether oxygens (including phenoxy) is 2. The second-order valence-corrected chi connectivity index (χ2v) is 7.50. The SMILES string of the molecule is CCC(CC)c1ccc(Cl)c2[nH]c(Oc3c(Cl)cc(OC(F)(F)F)cc3Cl)nc12. The number of H-pyrrole nitrogens is 1. The minimum Gasteiger partial charge on any atom is -0.422 e. The minimum atomic E-state index is -4.87. The lowest BCUT2D eigenvalue weighted by Crippen LogP contribution is -2.17. The monoisotopic (exact) mass is 466 g/mol. The van der Waals surface area contributed by atoms with Crippen LogP contribution in [0.2, 0.25) is 15.1 Å². The zero-order chi connectivity index (χ0) is 21.3. The maximum atomic E-state index is 12.4. The highest BCUT2D eigenvalue weighted by molar-refractivity contribution is 6.37. The molecule has 156 valence electrons. The van der Waals surface area contributed by atoms with Crippen LogP contribution in [-0.4, -0.2) is 16.3 Å². The van der Waals surface area contributed by atoms with Crippen molar-refractivity contribution in [2.45, 2.75) is 39.0 Å². The zero-order valence-corrected chi connectivity index (χ0v) is 17.6. The minimum absolute atomic E-state index is 0.0536. The predicted octanol–water partition coefficient (Wildman–Crippen LogP) is 8.12. The highest BCUT2D eigenvalue weighted by atomic mass is 35.5. The lowest BCUT2D eigenvalue weighted by Gasteiger charge is -2.13. The van der Waals surface area contributed by atoms with Gasteiger partial charge in [0.15, 0.2) is 5.75 Å². The number of halogens is 6. The van der Waals surface area contributed by atoms with Crippen LogP contribution < -0.4 is 9.47 Å². The van der Waals surface area contributed by atoms with Gasteiger partial charge in [0.2, 0.25) is 0 Å². The lowest BCUT2D eigenvalue weighted by atomic mass is 9.93. The van der Waals surface area contributed by atoms with Gasteiger partial charge in [-0.15, -0.1) is 13.2 Å². The molecule has 0 saturated heterocycles. The van der Waals surface area contributed by atoms with Gasteiger partial charge in [-0.3, -0.25) is 0 Å². The van der Waals surface area contributed by atoms with Crippen molar-refractivity contribution in [3.8, 4) is 17.5 Å². The van der Waals surface area contributed by atoms with Gasteiger partial charge in [-0.1, -0.05) is 54.7 Å². The molecular formula is C19H16Cl3F3N2O2. The van der Waals surface area contributed by atoms with E-state index in [4.69, 9.17) is 39.5 Å². The molecule has 0 radical (unpaired) electrons.